The summed E-state index contributed by atoms with van der Waals surface area (Å²) in [6, 6.07) is 0. The molecule has 0 saturated heterocycles. The van der Waals surface area contributed by atoms with Crippen molar-refractivity contribution in [3.8, 4) is 0 Å². The first-order valence-corrected chi connectivity index (χ1v) is 11.5. The molecule has 0 unspecified atom stereocenters. The van der Waals surface area contributed by atoms with Crippen LogP contribution < -0.4 is 0 Å². The molecule has 110 valence electrons. The molecule has 0 fully saturated rings. The molecular formula is C7H20NO7P3. The Morgan fingerprint density at radius 1 is 0.889 bits per heavy atom. The van der Waals surface area contributed by atoms with E-state index >= 15 is 0 Å². The van der Waals surface area contributed by atoms with E-state index < -0.39 is 34.9 Å². The lowest BCUT2D eigenvalue weighted by atomic mass is 10.5. The molecule has 0 bridgehead atoms. The first kappa shape index (κ1) is 18.5. The normalized spacial score (nSPS) is 14.2. The van der Waals surface area contributed by atoms with Gasteiger partial charge in [0, 0.05) is 6.16 Å². The van der Waals surface area contributed by atoms with E-state index in [-0.39, 0.29) is 6.54 Å². The second kappa shape index (κ2) is 6.78. The zero-order valence-corrected chi connectivity index (χ0v) is 13.0. The maximum atomic E-state index is 11.4. The van der Waals surface area contributed by atoms with Crippen LogP contribution in [0.2, 0.25) is 0 Å². The second-order valence-corrected chi connectivity index (χ2v) is 11.5. The summed E-state index contributed by atoms with van der Waals surface area (Å²) in [4.78, 5) is 36.2. The Bertz CT molecular complexity index is 370. The fraction of sp³-hybridized carbons (Fsp3) is 1.00. The molecular weight excluding hydrogens is 303 g/mol. The van der Waals surface area contributed by atoms with Crippen LogP contribution in [-0.4, -0.2) is 63.1 Å². The molecule has 0 saturated carbocycles. The van der Waals surface area contributed by atoms with Crippen LogP contribution in [0.25, 0.3) is 0 Å². The molecule has 18 heavy (non-hydrogen) atoms. The van der Waals surface area contributed by atoms with Crippen molar-refractivity contribution < 1.29 is 33.3 Å². The lowest BCUT2D eigenvalue weighted by Gasteiger charge is -2.23. The van der Waals surface area contributed by atoms with Crippen molar-refractivity contribution in [1.82, 2.24) is 4.90 Å². The average molecular weight is 323 g/mol. The van der Waals surface area contributed by atoms with Crippen molar-refractivity contribution in [2.75, 3.05) is 38.6 Å². The van der Waals surface area contributed by atoms with Crippen molar-refractivity contribution in [3.63, 3.8) is 0 Å². The van der Waals surface area contributed by atoms with E-state index in [2.05, 4.69) is 0 Å². The van der Waals surface area contributed by atoms with E-state index in [1.54, 1.807) is 13.3 Å². The predicted molar refractivity (Wildman–Crippen MR) is 69.5 cm³/mol. The standard InChI is InChI=1S/C7H20NO7P3/c1-16(2,9)5-3-4-8(6-17(10,11)12)7-18(13,14)15/h3-7H2,1-2H3,(H2,10,11,12)(H2,13,14,15). The van der Waals surface area contributed by atoms with Crippen LogP contribution in [0.5, 0.6) is 0 Å². The molecule has 0 aliphatic carbocycles. The SMILES string of the molecule is CP(C)(=O)CCCN(CP(=O)(O)O)CP(=O)(O)O. The molecule has 0 atom stereocenters. The summed E-state index contributed by atoms with van der Waals surface area (Å²) in [5.74, 6) is 0. The lowest BCUT2D eigenvalue weighted by Crippen LogP contribution is -2.27. The summed E-state index contributed by atoms with van der Waals surface area (Å²) in [5, 5.41) is 0. The fourth-order valence-electron chi connectivity index (χ4n) is 1.38. The number of hydrogen-bond donors (Lipinski definition) is 4. The van der Waals surface area contributed by atoms with Crippen molar-refractivity contribution in [2.45, 2.75) is 6.42 Å². The van der Waals surface area contributed by atoms with E-state index in [1.165, 1.54) is 0 Å². The third kappa shape index (κ3) is 12.9. The highest BCUT2D eigenvalue weighted by molar-refractivity contribution is 7.62. The fourth-order valence-corrected chi connectivity index (χ4v) is 3.97. The van der Waals surface area contributed by atoms with Gasteiger partial charge in [-0.05, 0) is 26.3 Å². The average Bonchev–Trinajstić information content (AvgIpc) is 1.93. The lowest BCUT2D eigenvalue weighted by molar-refractivity contribution is 0.278. The largest absolute Gasteiger partial charge is 0.339 e. The van der Waals surface area contributed by atoms with Gasteiger partial charge >= 0.3 is 15.2 Å². The minimum Gasteiger partial charge on any atom is -0.324 e. The van der Waals surface area contributed by atoms with Crippen LogP contribution in [-0.2, 0) is 13.7 Å². The van der Waals surface area contributed by atoms with Crippen molar-refractivity contribution in [3.05, 3.63) is 0 Å². The summed E-state index contributed by atoms with van der Waals surface area (Å²) in [6.45, 7) is 3.26. The van der Waals surface area contributed by atoms with Crippen molar-refractivity contribution >= 4 is 22.3 Å². The van der Waals surface area contributed by atoms with E-state index in [1.807, 2.05) is 0 Å². The van der Waals surface area contributed by atoms with Crippen LogP contribution in [0.4, 0.5) is 0 Å². The van der Waals surface area contributed by atoms with E-state index in [4.69, 9.17) is 19.6 Å². The zero-order chi connectivity index (χ0) is 14.6. The summed E-state index contributed by atoms with van der Waals surface area (Å²) in [5.41, 5.74) is 0. The first-order valence-electron chi connectivity index (χ1n) is 5.14. The molecule has 0 rings (SSSR count). The van der Waals surface area contributed by atoms with Gasteiger partial charge in [-0.1, -0.05) is 0 Å². The van der Waals surface area contributed by atoms with Gasteiger partial charge in [0.15, 0.2) is 0 Å². The predicted octanol–water partition coefficient (Wildman–Crippen LogP) is 0.572. The van der Waals surface area contributed by atoms with Gasteiger partial charge in [-0.3, -0.25) is 14.0 Å². The van der Waals surface area contributed by atoms with E-state index in [0.29, 0.717) is 12.6 Å². The molecule has 0 aromatic carbocycles. The second-order valence-electron chi connectivity index (χ2n) is 4.66. The van der Waals surface area contributed by atoms with Gasteiger partial charge in [-0.25, -0.2) is 0 Å². The Morgan fingerprint density at radius 2 is 1.28 bits per heavy atom. The van der Waals surface area contributed by atoms with Crippen LogP contribution >= 0.6 is 22.3 Å². The van der Waals surface area contributed by atoms with Crippen LogP contribution in [0, 0.1) is 0 Å². The third-order valence-electron chi connectivity index (χ3n) is 1.94. The molecule has 4 N–H and O–H groups in total. The highest BCUT2D eigenvalue weighted by Gasteiger charge is 2.25. The smallest absolute Gasteiger partial charge is 0.324 e. The van der Waals surface area contributed by atoms with Gasteiger partial charge < -0.3 is 24.1 Å². The van der Waals surface area contributed by atoms with Crippen molar-refractivity contribution in [1.29, 1.82) is 0 Å². The summed E-state index contributed by atoms with van der Waals surface area (Å²) in [6.07, 6.45) is -0.693. The minimum absolute atomic E-state index is 0.0852. The Labute approximate surface area is 106 Å². The molecule has 11 heteroatoms. The molecule has 0 radical (unpaired) electrons. The van der Waals surface area contributed by atoms with E-state index in [9.17, 15) is 13.7 Å². The van der Waals surface area contributed by atoms with Gasteiger partial charge in [-0.2, -0.15) is 0 Å². The highest BCUT2D eigenvalue weighted by atomic mass is 31.2. The Balaban J connectivity index is 4.44. The zero-order valence-electron chi connectivity index (χ0n) is 10.3. The van der Waals surface area contributed by atoms with Crippen LogP contribution in [0.3, 0.4) is 0 Å². The van der Waals surface area contributed by atoms with E-state index in [0.717, 1.165) is 4.90 Å². The number of rotatable bonds is 8. The maximum absolute atomic E-state index is 11.4. The van der Waals surface area contributed by atoms with Gasteiger partial charge in [0.25, 0.3) is 0 Å². The Kier molecular flexibility index (Phi) is 6.96. The first-order chi connectivity index (χ1) is 7.79. The van der Waals surface area contributed by atoms with Crippen LogP contribution in [0.15, 0.2) is 0 Å². The molecule has 0 spiro atoms. The molecule has 0 aromatic rings. The minimum atomic E-state index is -4.38. The molecule has 0 aliphatic heterocycles. The van der Waals surface area contributed by atoms with Gasteiger partial charge in [-0.15, -0.1) is 0 Å². The summed E-state index contributed by atoms with van der Waals surface area (Å²) in [7, 11) is -11.0. The highest BCUT2D eigenvalue weighted by Crippen LogP contribution is 2.41. The monoisotopic (exact) mass is 323 g/mol. The molecule has 0 amide bonds. The summed E-state index contributed by atoms with van der Waals surface area (Å²) >= 11 is 0. The topological polar surface area (TPSA) is 135 Å². The quantitative estimate of drug-likeness (QED) is 0.476. The van der Waals surface area contributed by atoms with Crippen molar-refractivity contribution in [2.24, 2.45) is 0 Å². The van der Waals surface area contributed by atoms with Crippen LogP contribution in [0.1, 0.15) is 6.42 Å². The molecule has 0 heterocycles. The Morgan fingerprint density at radius 3 is 1.56 bits per heavy atom. The number of hydrogen-bond acceptors (Lipinski definition) is 4. The van der Waals surface area contributed by atoms with Gasteiger partial charge in [0.05, 0.1) is 7.14 Å². The van der Waals surface area contributed by atoms with Gasteiger partial charge in [0.2, 0.25) is 0 Å². The maximum Gasteiger partial charge on any atom is 0.339 e. The number of nitrogens with zero attached hydrogens (tertiary/aromatic N) is 1. The molecule has 0 aliphatic rings. The Hall–Kier alpha value is 0.490. The molecule has 0 aromatic heterocycles. The summed E-state index contributed by atoms with van der Waals surface area (Å²) < 4.78 is 33.1. The van der Waals surface area contributed by atoms with Gasteiger partial charge in [0.1, 0.15) is 12.6 Å². The third-order valence-corrected chi connectivity index (χ3v) is 4.87. The molecule has 8 nitrogen and oxygen atoms in total.